The molecule has 224 valence electrons. The van der Waals surface area contributed by atoms with Crippen LogP contribution in [0.3, 0.4) is 0 Å². The summed E-state index contributed by atoms with van der Waals surface area (Å²) in [4.78, 5) is 12.2. The molecular formula is C34H65NO3. The molecule has 0 heterocycles. The number of nitrogens with one attached hydrogen (secondary N) is 1. The quantitative estimate of drug-likeness (QED) is 0.0660. The molecule has 0 aliphatic rings. The molecule has 0 bridgehead atoms. The van der Waals surface area contributed by atoms with Crippen molar-refractivity contribution < 1.29 is 15.0 Å². The molecule has 38 heavy (non-hydrogen) atoms. The van der Waals surface area contributed by atoms with Gasteiger partial charge in [0.1, 0.15) is 0 Å². The monoisotopic (exact) mass is 535 g/mol. The third kappa shape index (κ3) is 26.5. The minimum Gasteiger partial charge on any atom is -0.394 e. The minimum absolute atomic E-state index is 0.0760. The summed E-state index contributed by atoms with van der Waals surface area (Å²) < 4.78 is 0. The molecule has 3 N–H and O–H groups in total. The van der Waals surface area contributed by atoms with Gasteiger partial charge in [-0.25, -0.2) is 0 Å². The van der Waals surface area contributed by atoms with Gasteiger partial charge in [0.15, 0.2) is 0 Å². The number of unbranched alkanes of at least 4 members (excludes halogenated alkanes) is 20. The Morgan fingerprint density at radius 1 is 0.605 bits per heavy atom. The number of amides is 1. The molecule has 0 unspecified atom stereocenters. The van der Waals surface area contributed by atoms with Crippen LogP contribution in [-0.4, -0.2) is 34.9 Å². The summed E-state index contributed by atoms with van der Waals surface area (Å²) in [5, 5.41) is 22.8. The maximum atomic E-state index is 12.2. The Morgan fingerprint density at radius 2 is 1.00 bits per heavy atom. The molecular weight excluding hydrogens is 470 g/mol. The molecule has 1 amide bonds. The van der Waals surface area contributed by atoms with E-state index in [4.69, 9.17) is 0 Å². The van der Waals surface area contributed by atoms with Crippen molar-refractivity contribution in [1.82, 2.24) is 5.32 Å². The molecule has 0 radical (unpaired) electrons. The molecule has 0 fully saturated rings. The normalized spacial score (nSPS) is 13.5. The Labute approximate surface area is 237 Å². The number of carbonyl (C=O) groups excluding carboxylic acids is 1. The summed E-state index contributed by atoms with van der Waals surface area (Å²) in [5.74, 6) is -0.0760. The van der Waals surface area contributed by atoms with E-state index in [1.807, 2.05) is 6.08 Å². The van der Waals surface area contributed by atoms with Crippen molar-refractivity contribution in [2.45, 2.75) is 180 Å². The van der Waals surface area contributed by atoms with Gasteiger partial charge in [-0.1, -0.05) is 141 Å². The first-order valence-corrected chi connectivity index (χ1v) is 16.6. The van der Waals surface area contributed by atoms with Crippen LogP contribution in [0, 0.1) is 0 Å². The summed E-state index contributed by atoms with van der Waals surface area (Å²) in [5.41, 5.74) is 0. The van der Waals surface area contributed by atoms with Gasteiger partial charge in [-0.2, -0.15) is 0 Å². The number of rotatable bonds is 29. The van der Waals surface area contributed by atoms with Crippen LogP contribution in [-0.2, 0) is 4.79 Å². The van der Waals surface area contributed by atoms with Gasteiger partial charge in [0, 0.05) is 6.42 Å². The van der Waals surface area contributed by atoms with Crippen LogP contribution >= 0.6 is 0 Å². The van der Waals surface area contributed by atoms with Gasteiger partial charge in [0.25, 0.3) is 0 Å². The van der Waals surface area contributed by atoms with Crippen molar-refractivity contribution in [3.05, 3.63) is 24.3 Å². The first-order chi connectivity index (χ1) is 18.7. The number of carbonyl (C=O) groups is 1. The number of allylic oxidation sites excluding steroid dienone is 3. The lowest BCUT2D eigenvalue weighted by Crippen LogP contribution is -2.45. The van der Waals surface area contributed by atoms with E-state index in [9.17, 15) is 15.0 Å². The van der Waals surface area contributed by atoms with E-state index in [0.717, 1.165) is 38.5 Å². The molecule has 0 aliphatic carbocycles. The summed E-state index contributed by atoms with van der Waals surface area (Å²) in [6.07, 6.45) is 36.7. The fourth-order valence-electron chi connectivity index (χ4n) is 4.82. The second-order valence-electron chi connectivity index (χ2n) is 11.2. The average molecular weight is 536 g/mol. The van der Waals surface area contributed by atoms with Crippen molar-refractivity contribution in [2.75, 3.05) is 6.61 Å². The molecule has 0 aromatic heterocycles. The van der Waals surface area contributed by atoms with Gasteiger partial charge >= 0.3 is 0 Å². The van der Waals surface area contributed by atoms with Gasteiger partial charge in [-0.3, -0.25) is 4.79 Å². The highest BCUT2D eigenvalue weighted by molar-refractivity contribution is 5.76. The Hall–Kier alpha value is -1.13. The van der Waals surface area contributed by atoms with Crippen molar-refractivity contribution in [2.24, 2.45) is 0 Å². The second-order valence-corrected chi connectivity index (χ2v) is 11.2. The van der Waals surface area contributed by atoms with E-state index in [0.29, 0.717) is 6.42 Å². The largest absolute Gasteiger partial charge is 0.394 e. The van der Waals surface area contributed by atoms with Crippen molar-refractivity contribution in [3.63, 3.8) is 0 Å². The summed E-state index contributed by atoms with van der Waals surface area (Å²) >= 11 is 0. The number of aliphatic hydroxyl groups excluding tert-OH is 2. The molecule has 0 aliphatic heterocycles. The highest BCUT2D eigenvalue weighted by Gasteiger charge is 2.17. The molecule has 0 rings (SSSR count). The maximum Gasteiger partial charge on any atom is 0.220 e. The van der Waals surface area contributed by atoms with E-state index in [1.54, 1.807) is 6.08 Å². The van der Waals surface area contributed by atoms with Crippen LogP contribution < -0.4 is 5.32 Å². The van der Waals surface area contributed by atoms with Gasteiger partial charge in [0.2, 0.25) is 5.91 Å². The average Bonchev–Trinajstić information content (AvgIpc) is 2.92. The lowest BCUT2D eigenvalue weighted by molar-refractivity contribution is -0.123. The van der Waals surface area contributed by atoms with Crippen molar-refractivity contribution >= 4 is 5.91 Å². The zero-order valence-corrected chi connectivity index (χ0v) is 25.4. The fourth-order valence-corrected chi connectivity index (χ4v) is 4.82. The predicted octanol–water partition coefficient (Wildman–Crippen LogP) is 9.34. The first-order valence-electron chi connectivity index (χ1n) is 16.6. The summed E-state index contributed by atoms with van der Waals surface area (Å²) in [6, 6.07) is -0.621. The summed E-state index contributed by atoms with van der Waals surface area (Å²) in [7, 11) is 0. The van der Waals surface area contributed by atoms with Crippen LogP contribution in [0.25, 0.3) is 0 Å². The Balaban J connectivity index is 3.68. The van der Waals surface area contributed by atoms with Crippen LogP contribution in [0.2, 0.25) is 0 Å². The Morgan fingerprint density at radius 3 is 1.47 bits per heavy atom. The molecule has 0 aromatic carbocycles. The lowest BCUT2D eigenvalue weighted by atomic mass is 10.0. The van der Waals surface area contributed by atoms with Crippen molar-refractivity contribution in [1.29, 1.82) is 0 Å². The van der Waals surface area contributed by atoms with Crippen LogP contribution in [0.5, 0.6) is 0 Å². The molecule has 2 atom stereocenters. The third-order valence-corrected chi connectivity index (χ3v) is 7.43. The van der Waals surface area contributed by atoms with Gasteiger partial charge in [-0.15, -0.1) is 0 Å². The van der Waals surface area contributed by atoms with Crippen molar-refractivity contribution in [3.8, 4) is 0 Å². The van der Waals surface area contributed by atoms with Crippen LogP contribution in [0.1, 0.15) is 168 Å². The van der Waals surface area contributed by atoms with Crippen LogP contribution in [0.4, 0.5) is 0 Å². The lowest BCUT2D eigenvalue weighted by Gasteiger charge is -2.20. The Bertz CT molecular complexity index is 546. The van der Waals surface area contributed by atoms with E-state index in [-0.39, 0.29) is 12.5 Å². The number of aliphatic hydroxyl groups is 2. The molecule has 4 nitrogen and oxygen atoms in total. The highest BCUT2D eigenvalue weighted by atomic mass is 16.3. The van der Waals surface area contributed by atoms with E-state index in [1.165, 1.54) is 109 Å². The molecule has 0 saturated carbocycles. The minimum atomic E-state index is -0.837. The molecule has 0 spiro atoms. The van der Waals surface area contributed by atoms with Gasteiger partial charge in [0.05, 0.1) is 18.8 Å². The number of hydrogen-bond acceptors (Lipinski definition) is 3. The smallest absolute Gasteiger partial charge is 0.220 e. The number of hydrogen-bond donors (Lipinski definition) is 3. The first kappa shape index (κ1) is 36.9. The molecule has 4 heteroatoms. The van der Waals surface area contributed by atoms with Gasteiger partial charge < -0.3 is 15.5 Å². The van der Waals surface area contributed by atoms with Gasteiger partial charge in [-0.05, 0) is 44.9 Å². The predicted molar refractivity (Wildman–Crippen MR) is 165 cm³/mol. The third-order valence-electron chi connectivity index (χ3n) is 7.43. The standard InChI is InChI=1S/C34H65NO3/c1-3-5-7-9-11-13-15-17-19-21-23-25-27-29-33(37)32(31-36)35-34(38)30-28-26-24-22-20-18-16-14-12-10-8-6-4-2/h14,16,27,29,32-33,36-37H,3-13,15,17-26,28,30-31H2,1-2H3,(H,35,38)/b16-14+,29-27+/t32-,33+/m0/s1. The van der Waals surface area contributed by atoms with E-state index >= 15 is 0 Å². The second kappa shape index (κ2) is 30.4. The topological polar surface area (TPSA) is 69.6 Å². The maximum absolute atomic E-state index is 12.2. The highest BCUT2D eigenvalue weighted by Crippen LogP contribution is 2.13. The zero-order chi connectivity index (χ0) is 27.9. The molecule has 0 aromatic rings. The zero-order valence-electron chi connectivity index (χ0n) is 25.4. The van der Waals surface area contributed by atoms with E-state index in [2.05, 4.69) is 31.3 Å². The molecule has 0 saturated heterocycles. The van der Waals surface area contributed by atoms with E-state index < -0.39 is 12.1 Å². The van der Waals surface area contributed by atoms with Crippen LogP contribution in [0.15, 0.2) is 24.3 Å². The summed E-state index contributed by atoms with van der Waals surface area (Å²) in [6.45, 7) is 4.26. The SMILES string of the molecule is CCCCCC/C=C/CCCCCCCC(=O)N[C@@H](CO)[C@H](O)/C=C/CCCCCCCCCCCCC. The Kier molecular flexibility index (Phi) is 29.5. The fraction of sp³-hybridized carbons (Fsp3) is 0.853.